The molecule has 200 valence electrons. The Balaban J connectivity index is 1.82. The molecule has 38 heavy (non-hydrogen) atoms. The number of likely N-dealkylation sites (N-methyl/N-ethyl adjacent to an activating group) is 1. The molecule has 0 radical (unpaired) electrons. The predicted molar refractivity (Wildman–Crippen MR) is 133 cm³/mol. The summed E-state index contributed by atoms with van der Waals surface area (Å²) in [5.74, 6) is -5.39. The minimum atomic E-state index is -2.05. The molecule has 0 bridgehead atoms. The van der Waals surface area contributed by atoms with E-state index in [4.69, 9.17) is 0 Å². The first-order valence-electron chi connectivity index (χ1n) is 11.7. The number of aromatic carboxylic acids is 1. The second kappa shape index (κ2) is 12.2. The van der Waals surface area contributed by atoms with Gasteiger partial charge in [0.25, 0.3) is 0 Å². The molecule has 2 atom stereocenters. The minimum Gasteiger partial charge on any atom is -0.508 e. The summed E-state index contributed by atoms with van der Waals surface area (Å²) in [6.07, 6.45) is -0.160. The summed E-state index contributed by atoms with van der Waals surface area (Å²) in [4.78, 5) is 64.1. The normalized spacial score (nSPS) is 15.0. The molecule has 6 N–H and O–H groups in total. The molecule has 0 aliphatic carbocycles. The monoisotopic (exact) mass is 526 g/mol. The first kappa shape index (κ1) is 28.2. The molecule has 0 unspecified atom stereocenters. The van der Waals surface area contributed by atoms with E-state index in [2.05, 4.69) is 10.6 Å². The molecule has 2 aromatic rings. The van der Waals surface area contributed by atoms with Gasteiger partial charge in [0.15, 0.2) is 0 Å². The van der Waals surface area contributed by atoms with Gasteiger partial charge in [-0.05, 0) is 48.7 Å². The SMILES string of the molecule is CCN1CCN(C(=O)N[C@@H](C(=O)N[C@@H](Cc2cccc(C(=O)O)c2)B(O)O)c2ccc(O)cc2)C(=O)C1=O. The van der Waals surface area contributed by atoms with E-state index in [1.807, 2.05) is 0 Å². The van der Waals surface area contributed by atoms with Gasteiger partial charge in [-0.1, -0.05) is 24.3 Å². The molecule has 1 fully saturated rings. The molecule has 2 aromatic carbocycles. The van der Waals surface area contributed by atoms with Gasteiger partial charge >= 0.3 is 30.9 Å². The number of nitrogens with zero attached hydrogens (tertiary/aromatic N) is 2. The Morgan fingerprint density at radius 1 is 1.00 bits per heavy atom. The van der Waals surface area contributed by atoms with Crippen LogP contribution in [0.3, 0.4) is 0 Å². The standard InChI is InChI=1S/C24H27BN4O9/c1-2-28-10-11-29(22(33)21(28)32)24(36)27-19(15-6-8-17(30)9-7-15)20(31)26-18(25(37)38)13-14-4-3-5-16(12-14)23(34)35/h3-9,12,18-19,30,37-38H,2,10-11,13H2,1H3,(H,26,31)(H,27,36)(H,34,35)/t18-,19+/m0/s1. The molecule has 1 aliphatic rings. The van der Waals surface area contributed by atoms with Crippen LogP contribution in [-0.2, 0) is 20.8 Å². The lowest BCUT2D eigenvalue weighted by Crippen LogP contribution is -2.59. The molecule has 1 saturated heterocycles. The van der Waals surface area contributed by atoms with E-state index in [9.17, 15) is 44.2 Å². The first-order chi connectivity index (χ1) is 18.0. The maximum absolute atomic E-state index is 13.3. The average Bonchev–Trinajstić information content (AvgIpc) is 2.89. The van der Waals surface area contributed by atoms with E-state index in [-0.39, 0.29) is 36.4 Å². The van der Waals surface area contributed by atoms with Crippen LogP contribution in [0.2, 0.25) is 0 Å². The molecule has 14 heteroatoms. The summed E-state index contributed by atoms with van der Waals surface area (Å²) in [6.45, 7) is 2.01. The number of phenolic OH excluding ortho intramolecular Hbond substituents is 1. The van der Waals surface area contributed by atoms with Crippen molar-refractivity contribution in [3.8, 4) is 5.75 Å². The highest BCUT2D eigenvalue weighted by Crippen LogP contribution is 2.19. The highest BCUT2D eigenvalue weighted by Gasteiger charge is 2.38. The summed E-state index contributed by atoms with van der Waals surface area (Å²) in [7, 11) is -2.05. The Kier molecular flexibility index (Phi) is 9.04. The Hall–Kier alpha value is -4.43. The van der Waals surface area contributed by atoms with E-state index >= 15 is 0 Å². The van der Waals surface area contributed by atoms with Gasteiger partial charge in [0.05, 0.1) is 11.5 Å². The number of piperazine rings is 1. The third-order valence-electron chi connectivity index (χ3n) is 6.01. The first-order valence-corrected chi connectivity index (χ1v) is 11.7. The van der Waals surface area contributed by atoms with Gasteiger partial charge in [0.2, 0.25) is 5.91 Å². The zero-order chi connectivity index (χ0) is 28.0. The van der Waals surface area contributed by atoms with Crippen molar-refractivity contribution in [1.82, 2.24) is 20.4 Å². The maximum atomic E-state index is 13.3. The molecule has 0 aromatic heterocycles. The second-order valence-electron chi connectivity index (χ2n) is 8.55. The van der Waals surface area contributed by atoms with Crippen LogP contribution < -0.4 is 10.6 Å². The molecule has 5 amide bonds. The molecule has 0 spiro atoms. The van der Waals surface area contributed by atoms with Gasteiger partial charge in [0, 0.05) is 19.6 Å². The highest BCUT2D eigenvalue weighted by atomic mass is 16.4. The number of carboxylic acids is 1. The number of carboxylic acid groups (broad SMARTS) is 1. The van der Waals surface area contributed by atoms with Crippen molar-refractivity contribution in [3.05, 3.63) is 65.2 Å². The van der Waals surface area contributed by atoms with E-state index in [0.717, 1.165) is 0 Å². The lowest BCUT2D eigenvalue weighted by Gasteiger charge is -2.33. The Morgan fingerprint density at radius 2 is 1.68 bits per heavy atom. The van der Waals surface area contributed by atoms with Crippen LogP contribution in [0.4, 0.5) is 4.79 Å². The maximum Gasteiger partial charge on any atom is 0.475 e. The number of hydrogen-bond donors (Lipinski definition) is 6. The number of rotatable bonds is 9. The number of hydrogen-bond acceptors (Lipinski definition) is 8. The van der Waals surface area contributed by atoms with E-state index in [1.54, 1.807) is 13.0 Å². The molecule has 13 nitrogen and oxygen atoms in total. The van der Waals surface area contributed by atoms with Crippen LogP contribution in [0.15, 0.2) is 48.5 Å². The van der Waals surface area contributed by atoms with Crippen molar-refractivity contribution in [2.45, 2.75) is 25.3 Å². The largest absolute Gasteiger partial charge is 0.508 e. The van der Waals surface area contributed by atoms with Crippen LogP contribution in [0.1, 0.15) is 34.5 Å². The Labute approximate surface area is 217 Å². The molecular weight excluding hydrogens is 499 g/mol. The summed E-state index contributed by atoms with van der Waals surface area (Å²) in [5, 5.41) is 43.4. The van der Waals surface area contributed by atoms with E-state index < -0.39 is 48.8 Å². The minimum absolute atomic E-state index is 0.0309. The number of carbonyl (C=O) groups is 5. The average molecular weight is 526 g/mol. The van der Waals surface area contributed by atoms with E-state index in [0.29, 0.717) is 17.0 Å². The van der Waals surface area contributed by atoms with Crippen LogP contribution in [0.25, 0.3) is 0 Å². The fraction of sp³-hybridized carbons (Fsp3) is 0.292. The van der Waals surface area contributed by atoms with Gasteiger partial charge in [-0.25, -0.2) is 9.59 Å². The molecule has 3 rings (SSSR count). The van der Waals surface area contributed by atoms with Gasteiger partial charge in [-0.15, -0.1) is 0 Å². The predicted octanol–water partition coefficient (Wildman–Crippen LogP) is -0.729. The Bertz CT molecular complexity index is 1220. The lowest BCUT2D eigenvalue weighted by atomic mass is 9.75. The number of urea groups is 1. The topological polar surface area (TPSA) is 197 Å². The number of imide groups is 1. The van der Waals surface area contributed by atoms with Crippen molar-refractivity contribution in [3.63, 3.8) is 0 Å². The van der Waals surface area contributed by atoms with Crippen LogP contribution in [0, 0.1) is 0 Å². The number of carbonyl (C=O) groups excluding carboxylic acids is 4. The summed E-state index contributed by atoms with van der Waals surface area (Å²) >= 11 is 0. The van der Waals surface area contributed by atoms with Crippen LogP contribution in [0.5, 0.6) is 5.75 Å². The van der Waals surface area contributed by atoms with Crippen molar-refractivity contribution < 1.29 is 44.2 Å². The van der Waals surface area contributed by atoms with E-state index in [1.165, 1.54) is 47.4 Å². The molecule has 0 saturated carbocycles. The van der Waals surface area contributed by atoms with Gasteiger partial charge < -0.3 is 35.8 Å². The van der Waals surface area contributed by atoms with Crippen molar-refractivity contribution in [2.24, 2.45) is 0 Å². The number of benzene rings is 2. The number of amides is 5. The summed E-state index contributed by atoms with van der Waals surface area (Å²) in [6, 6.07) is 8.47. The fourth-order valence-electron chi connectivity index (χ4n) is 3.92. The summed E-state index contributed by atoms with van der Waals surface area (Å²) < 4.78 is 0. The zero-order valence-corrected chi connectivity index (χ0v) is 20.4. The molecule has 1 aliphatic heterocycles. The van der Waals surface area contributed by atoms with Crippen molar-refractivity contribution in [1.29, 1.82) is 0 Å². The fourth-order valence-corrected chi connectivity index (χ4v) is 3.92. The number of aromatic hydroxyl groups is 1. The Morgan fingerprint density at radius 3 is 2.29 bits per heavy atom. The highest BCUT2D eigenvalue weighted by molar-refractivity contribution is 6.43. The van der Waals surface area contributed by atoms with Gasteiger partial charge in [0.1, 0.15) is 11.8 Å². The van der Waals surface area contributed by atoms with Gasteiger partial charge in [-0.2, -0.15) is 0 Å². The van der Waals surface area contributed by atoms with Crippen molar-refractivity contribution >= 4 is 36.8 Å². The second-order valence-corrected chi connectivity index (χ2v) is 8.55. The summed E-state index contributed by atoms with van der Waals surface area (Å²) in [5.41, 5.74) is 0.557. The molecule has 1 heterocycles. The third kappa shape index (κ3) is 6.66. The third-order valence-corrected chi connectivity index (χ3v) is 6.01. The number of phenols is 1. The van der Waals surface area contributed by atoms with Crippen LogP contribution in [-0.4, -0.2) is 92.5 Å². The van der Waals surface area contributed by atoms with Crippen molar-refractivity contribution in [2.75, 3.05) is 19.6 Å². The molecular formula is C24H27BN4O9. The van der Waals surface area contributed by atoms with Crippen LogP contribution >= 0.6 is 0 Å². The number of nitrogens with one attached hydrogen (secondary N) is 2. The lowest BCUT2D eigenvalue weighted by molar-refractivity contribution is -0.153. The van der Waals surface area contributed by atoms with Gasteiger partial charge in [-0.3, -0.25) is 19.3 Å². The zero-order valence-electron chi connectivity index (χ0n) is 20.4. The smallest absolute Gasteiger partial charge is 0.475 e. The quantitative estimate of drug-likeness (QED) is 0.180.